The maximum absolute atomic E-state index is 12.6. The number of carbonyl (C=O) groups is 2. The van der Waals surface area contributed by atoms with Gasteiger partial charge in [0.1, 0.15) is 0 Å². The number of aromatic nitrogens is 2. The SMILES string of the molecule is CC(=O)N1CCCCC1c1ncc2c(n1)CCN(C(=O)CCC1CCCC1)C2. The molecule has 152 valence electrons. The van der Waals surface area contributed by atoms with Gasteiger partial charge in [-0.3, -0.25) is 9.59 Å². The number of hydrogen-bond acceptors (Lipinski definition) is 4. The van der Waals surface area contributed by atoms with Crippen LogP contribution in [-0.4, -0.2) is 44.7 Å². The fraction of sp³-hybridized carbons (Fsp3) is 0.727. The molecule has 1 aliphatic carbocycles. The molecule has 4 rings (SSSR count). The van der Waals surface area contributed by atoms with Gasteiger partial charge in [-0.05, 0) is 31.6 Å². The fourth-order valence-electron chi connectivity index (χ4n) is 5.07. The number of likely N-dealkylation sites (tertiary alicyclic amines) is 1. The van der Waals surface area contributed by atoms with Gasteiger partial charge in [0.05, 0.1) is 11.7 Å². The molecule has 1 atom stereocenters. The van der Waals surface area contributed by atoms with Crippen molar-refractivity contribution >= 4 is 11.8 Å². The van der Waals surface area contributed by atoms with Crippen LogP contribution in [0.5, 0.6) is 0 Å². The van der Waals surface area contributed by atoms with Crippen molar-refractivity contribution in [3.8, 4) is 0 Å². The Morgan fingerprint density at radius 2 is 1.89 bits per heavy atom. The summed E-state index contributed by atoms with van der Waals surface area (Å²) in [6, 6.07) is 0.00243. The Morgan fingerprint density at radius 3 is 2.68 bits per heavy atom. The number of carbonyl (C=O) groups excluding carboxylic acids is 2. The molecule has 0 bridgehead atoms. The van der Waals surface area contributed by atoms with Gasteiger partial charge in [0, 0.05) is 51.2 Å². The molecule has 2 fully saturated rings. The quantitative estimate of drug-likeness (QED) is 0.798. The molecule has 1 aromatic rings. The smallest absolute Gasteiger partial charge is 0.222 e. The number of amides is 2. The summed E-state index contributed by atoms with van der Waals surface area (Å²) < 4.78 is 0. The third-order valence-electron chi connectivity index (χ3n) is 6.75. The Labute approximate surface area is 167 Å². The average molecular weight is 385 g/mol. The molecule has 0 aromatic carbocycles. The van der Waals surface area contributed by atoms with Crippen LogP contribution in [0.2, 0.25) is 0 Å². The summed E-state index contributed by atoms with van der Waals surface area (Å²) in [6.45, 7) is 3.80. The highest BCUT2D eigenvalue weighted by atomic mass is 16.2. The maximum atomic E-state index is 12.6. The lowest BCUT2D eigenvalue weighted by molar-refractivity contribution is -0.133. The van der Waals surface area contributed by atoms with Crippen LogP contribution >= 0.6 is 0 Å². The predicted molar refractivity (Wildman–Crippen MR) is 106 cm³/mol. The van der Waals surface area contributed by atoms with E-state index in [-0.39, 0.29) is 17.9 Å². The van der Waals surface area contributed by atoms with Gasteiger partial charge >= 0.3 is 0 Å². The summed E-state index contributed by atoms with van der Waals surface area (Å²) in [4.78, 5) is 37.9. The summed E-state index contributed by atoms with van der Waals surface area (Å²) in [5, 5.41) is 0. The highest BCUT2D eigenvalue weighted by molar-refractivity contribution is 5.76. The zero-order valence-corrected chi connectivity index (χ0v) is 17.0. The molecule has 3 aliphatic rings. The molecule has 6 nitrogen and oxygen atoms in total. The lowest BCUT2D eigenvalue weighted by Crippen LogP contribution is -2.39. The number of fused-ring (bicyclic) bond motifs is 1. The van der Waals surface area contributed by atoms with Crippen molar-refractivity contribution in [3.63, 3.8) is 0 Å². The van der Waals surface area contributed by atoms with Crippen LogP contribution in [0.3, 0.4) is 0 Å². The van der Waals surface area contributed by atoms with Crippen molar-refractivity contribution in [1.82, 2.24) is 19.8 Å². The minimum absolute atomic E-state index is 0.00243. The number of nitrogens with zero attached hydrogens (tertiary/aromatic N) is 4. The van der Waals surface area contributed by atoms with E-state index in [2.05, 4.69) is 4.98 Å². The van der Waals surface area contributed by atoms with E-state index in [1.807, 2.05) is 16.0 Å². The first-order valence-corrected chi connectivity index (χ1v) is 11.0. The highest BCUT2D eigenvalue weighted by Gasteiger charge is 2.30. The Kier molecular flexibility index (Phi) is 5.93. The van der Waals surface area contributed by atoms with Crippen molar-refractivity contribution < 1.29 is 9.59 Å². The molecular weight excluding hydrogens is 352 g/mol. The monoisotopic (exact) mass is 384 g/mol. The van der Waals surface area contributed by atoms with Crippen LogP contribution in [0.4, 0.5) is 0 Å². The van der Waals surface area contributed by atoms with Crippen LogP contribution in [0.15, 0.2) is 6.20 Å². The molecule has 1 saturated carbocycles. The van der Waals surface area contributed by atoms with Gasteiger partial charge in [-0.2, -0.15) is 0 Å². The van der Waals surface area contributed by atoms with Gasteiger partial charge in [-0.15, -0.1) is 0 Å². The van der Waals surface area contributed by atoms with Gasteiger partial charge < -0.3 is 9.80 Å². The molecule has 1 saturated heterocycles. The van der Waals surface area contributed by atoms with Crippen LogP contribution in [-0.2, 0) is 22.6 Å². The second kappa shape index (κ2) is 8.58. The fourth-order valence-corrected chi connectivity index (χ4v) is 5.07. The first kappa shape index (κ1) is 19.3. The third kappa shape index (κ3) is 4.20. The molecular formula is C22H32N4O2. The third-order valence-corrected chi connectivity index (χ3v) is 6.75. The summed E-state index contributed by atoms with van der Waals surface area (Å²) >= 11 is 0. The first-order valence-electron chi connectivity index (χ1n) is 11.0. The minimum Gasteiger partial charge on any atom is -0.338 e. The van der Waals surface area contributed by atoms with Gasteiger partial charge in [0.15, 0.2) is 5.82 Å². The second-order valence-electron chi connectivity index (χ2n) is 8.68. The van der Waals surface area contributed by atoms with Crippen molar-refractivity contribution in [3.05, 3.63) is 23.3 Å². The zero-order chi connectivity index (χ0) is 19.5. The van der Waals surface area contributed by atoms with Crippen molar-refractivity contribution in [2.45, 2.75) is 83.7 Å². The largest absolute Gasteiger partial charge is 0.338 e. The Morgan fingerprint density at radius 1 is 1.11 bits per heavy atom. The standard InChI is InChI=1S/C22H32N4O2/c1-16(27)26-12-5-4-8-20(26)22-23-14-18-15-25(13-11-19(18)24-22)21(28)10-9-17-6-2-3-7-17/h14,17,20H,2-13,15H2,1H3. The summed E-state index contributed by atoms with van der Waals surface area (Å²) in [5.74, 6) is 1.91. The maximum Gasteiger partial charge on any atom is 0.222 e. The Hall–Kier alpha value is -1.98. The normalized spacial score (nSPS) is 23.0. The number of hydrogen-bond donors (Lipinski definition) is 0. The van der Waals surface area contributed by atoms with Crippen LogP contribution in [0.1, 0.15) is 87.8 Å². The zero-order valence-electron chi connectivity index (χ0n) is 17.0. The Bertz CT molecular complexity index is 729. The molecule has 28 heavy (non-hydrogen) atoms. The van der Waals surface area contributed by atoms with Gasteiger partial charge in [0.2, 0.25) is 11.8 Å². The van der Waals surface area contributed by atoms with Crippen LogP contribution in [0, 0.1) is 5.92 Å². The molecule has 6 heteroatoms. The van der Waals surface area contributed by atoms with Crippen LogP contribution in [0.25, 0.3) is 0 Å². The van der Waals surface area contributed by atoms with E-state index in [1.54, 1.807) is 6.92 Å². The molecule has 3 heterocycles. The van der Waals surface area contributed by atoms with E-state index in [9.17, 15) is 9.59 Å². The van der Waals surface area contributed by atoms with E-state index in [4.69, 9.17) is 4.98 Å². The molecule has 2 aliphatic heterocycles. The average Bonchev–Trinajstić information content (AvgIpc) is 3.25. The number of piperidine rings is 1. The lowest BCUT2D eigenvalue weighted by atomic mass is 9.99. The Balaban J connectivity index is 1.39. The summed E-state index contributed by atoms with van der Waals surface area (Å²) in [5.41, 5.74) is 2.12. The molecule has 1 aromatic heterocycles. The summed E-state index contributed by atoms with van der Waals surface area (Å²) in [6.07, 6.45) is 12.7. The van der Waals surface area contributed by atoms with Crippen molar-refractivity contribution in [2.24, 2.45) is 5.92 Å². The highest BCUT2D eigenvalue weighted by Crippen LogP contribution is 2.31. The van der Waals surface area contributed by atoms with Crippen molar-refractivity contribution in [2.75, 3.05) is 13.1 Å². The second-order valence-corrected chi connectivity index (χ2v) is 8.68. The van der Waals surface area contributed by atoms with Gasteiger partial charge in [-0.1, -0.05) is 25.7 Å². The van der Waals surface area contributed by atoms with E-state index in [0.717, 1.165) is 68.2 Å². The molecule has 0 radical (unpaired) electrons. The molecule has 0 spiro atoms. The molecule has 1 unspecified atom stereocenters. The van der Waals surface area contributed by atoms with E-state index in [0.29, 0.717) is 13.0 Å². The van der Waals surface area contributed by atoms with E-state index in [1.165, 1.54) is 25.7 Å². The molecule has 2 amide bonds. The van der Waals surface area contributed by atoms with Gasteiger partial charge in [-0.25, -0.2) is 9.97 Å². The lowest BCUT2D eigenvalue weighted by Gasteiger charge is -2.35. The summed E-state index contributed by atoms with van der Waals surface area (Å²) in [7, 11) is 0. The van der Waals surface area contributed by atoms with E-state index >= 15 is 0 Å². The predicted octanol–water partition coefficient (Wildman–Crippen LogP) is 3.41. The number of rotatable bonds is 4. The topological polar surface area (TPSA) is 66.4 Å². The van der Waals surface area contributed by atoms with Gasteiger partial charge in [0.25, 0.3) is 0 Å². The van der Waals surface area contributed by atoms with E-state index < -0.39 is 0 Å². The first-order chi connectivity index (χ1) is 13.6. The van der Waals surface area contributed by atoms with Crippen LogP contribution < -0.4 is 0 Å². The molecule has 0 N–H and O–H groups in total. The minimum atomic E-state index is 0.00243. The van der Waals surface area contributed by atoms with Crippen molar-refractivity contribution in [1.29, 1.82) is 0 Å².